The van der Waals surface area contributed by atoms with E-state index in [1.54, 1.807) is 0 Å². The molecule has 0 radical (unpaired) electrons. The molecule has 0 heterocycles. The third kappa shape index (κ3) is 6.01. The molecule has 0 atom stereocenters. The second kappa shape index (κ2) is 7.43. The summed E-state index contributed by atoms with van der Waals surface area (Å²) in [6.07, 6.45) is 0. The van der Waals surface area contributed by atoms with Crippen molar-refractivity contribution in [1.82, 2.24) is 4.23 Å². The molecular weight excluding hydrogens is 262 g/mol. The lowest BCUT2D eigenvalue weighted by molar-refractivity contribution is 0.820. The summed E-state index contributed by atoms with van der Waals surface area (Å²) in [6.45, 7) is 7.08. The Morgan fingerprint density at radius 3 is 1.21 bits per heavy atom. The molecule has 0 unspecified atom stereocenters. The molecule has 0 aromatic heterocycles. The Hall–Kier alpha value is -1.17. The van der Waals surface area contributed by atoms with Crippen LogP contribution in [0, 0.1) is 0 Å². The first-order chi connectivity index (χ1) is 8.91. The Kier molecular flexibility index (Phi) is 6.21. The molecular formula is C16H25NSi2. The van der Waals surface area contributed by atoms with Gasteiger partial charge in [-0.3, -0.25) is 0 Å². The smallest absolute Gasteiger partial charge is 0.111 e. The van der Waals surface area contributed by atoms with Crippen molar-refractivity contribution < 1.29 is 0 Å². The van der Waals surface area contributed by atoms with Crippen LogP contribution in [0.2, 0.25) is 19.6 Å². The molecule has 0 saturated carbocycles. The maximum absolute atomic E-state index is 2.47. The van der Waals surface area contributed by atoms with Gasteiger partial charge in [-0.15, -0.1) is 0 Å². The van der Waals surface area contributed by atoms with Crippen molar-refractivity contribution in [1.29, 1.82) is 0 Å². The van der Waals surface area contributed by atoms with Gasteiger partial charge >= 0.3 is 0 Å². The fraction of sp³-hybridized carbons (Fsp3) is 0.250. The Balaban J connectivity index is 0.000000224. The lowest BCUT2D eigenvalue weighted by atomic mass is 10.1. The molecule has 2 aromatic rings. The third-order valence-corrected chi connectivity index (χ3v) is 9.93. The van der Waals surface area contributed by atoms with E-state index in [9.17, 15) is 0 Å². The zero-order chi connectivity index (χ0) is 14.3. The fourth-order valence-electron chi connectivity index (χ4n) is 1.26. The summed E-state index contributed by atoms with van der Waals surface area (Å²) in [5.74, 6) is 0. The first-order valence-electron chi connectivity index (χ1n) is 6.69. The van der Waals surface area contributed by atoms with Crippen LogP contribution in [-0.2, 0) is 0 Å². The van der Waals surface area contributed by atoms with Crippen molar-refractivity contribution in [3.8, 4) is 11.1 Å². The maximum Gasteiger partial charge on any atom is 0.111 e. The second-order valence-corrected chi connectivity index (χ2v) is 13.3. The standard InChI is InChI=1S/C12H10.C4H15NSi2/c1-3-7-11(8-4-1)12-9-5-2-6-10-12;1-5(6)7(2,3)4/h1-10H;1-4,6H3. The molecule has 0 saturated heterocycles. The number of benzene rings is 2. The van der Waals surface area contributed by atoms with E-state index in [2.05, 4.69) is 79.5 Å². The molecule has 0 bridgehead atoms. The number of rotatable bonds is 2. The minimum absolute atomic E-state index is 0.840. The van der Waals surface area contributed by atoms with E-state index in [1.807, 2.05) is 12.1 Å². The highest BCUT2D eigenvalue weighted by molar-refractivity contribution is 6.76. The van der Waals surface area contributed by atoms with E-state index in [0.717, 1.165) is 0 Å². The summed E-state index contributed by atoms with van der Waals surface area (Å²) < 4.78 is 2.47. The summed E-state index contributed by atoms with van der Waals surface area (Å²) in [5, 5.41) is 0. The highest BCUT2D eigenvalue weighted by Crippen LogP contribution is 2.17. The predicted octanol–water partition coefficient (Wildman–Crippen LogP) is 3.39. The van der Waals surface area contributed by atoms with Crippen LogP contribution in [0.3, 0.4) is 0 Å². The van der Waals surface area contributed by atoms with Crippen molar-refractivity contribution in [3.05, 3.63) is 60.7 Å². The highest BCUT2D eigenvalue weighted by Gasteiger charge is 2.13. The van der Waals surface area contributed by atoms with Crippen molar-refractivity contribution in [2.45, 2.75) is 19.6 Å². The predicted molar refractivity (Wildman–Crippen MR) is 92.9 cm³/mol. The first-order valence-corrected chi connectivity index (χ1v) is 11.0. The van der Waals surface area contributed by atoms with Crippen LogP contribution in [0.4, 0.5) is 0 Å². The van der Waals surface area contributed by atoms with E-state index >= 15 is 0 Å². The van der Waals surface area contributed by atoms with Gasteiger partial charge < -0.3 is 4.23 Å². The van der Waals surface area contributed by atoms with Gasteiger partial charge in [0.25, 0.3) is 0 Å². The molecule has 0 aliphatic carbocycles. The van der Waals surface area contributed by atoms with Gasteiger partial charge in [-0.05, 0) is 18.2 Å². The van der Waals surface area contributed by atoms with Crippen molar-refractivity contribution in [2.75, 3.05) is 7.05 Å². The minimum Gasteiger partial charge on any atom is -0.356 e. The summed E-state index contributed by atoms with van der Waals surface area (Å²) in [4.78, 5) is 0. The van der Waals surface area contributed by atoms with Crippen molar-refractivity contribution >= 4 is 18.6 Å². The molecule has 1 nitrogen and oxygen atoms in total. The average molecular weight is 288 g/mol. The first kappa shape index (κ1) is 15.9. The highest BCUT2D eigenvalue weighted by atomic mass is 28.4. The monoisotopic (exact) mass is 287 g/mol. The van der Waals surface area contributed by atoms with Gasteiger partial charge in [0.2, 0.25) is 0 Å². The molecule has 3 heteroatoms. The Morgan fingerprint density at radius 1 is 0.737 bits per heavy atom. The number of hydrogen-bond acceptors (Lipinski definition) is 1. The van der Waals surface area contributed by atoms with Gasteiger partial charge in [0, 0.05) is 0 Å². The molecule has 2 aromatic carbocycles. The van der Waals surface area contributed by atoms with Crippen LogP contribution in [-0.4, -0.2) is 29.9 Å². The number of nitrogens with zero attached hydrogens (tertiary/aromatic N) is 1. The van der Waals surface area contributed by atoms with Gasteiger partial charge in [0.15, 0.2) is 0 Å². The largest absolute Gasteiger partial charge is 0.356 e. The topological polar surface area (TPSA) is 3.24 Å². The van der Waals surface area contributed by atoms with Gasteiger partial charge in [-0.2, -0.15) is 0 Å². The normalized spacial score (nSPS) is 11.0. The van der Waals surface area contributed by atoms with Crippen LogP contribution < -0.4 is 0 Å². The number of hydrogen-bond donors (Lipinski definition) is 0. The Bertz CT molecular complexity index is 424. The maximum atomic E-state index is 2.47. The minimum atomic E-state index is -0.840. The zero-order valence-electron chi connectivity index (χ0n) is 12.7. The van der Waals surface area contributed by atoms with Crippen LogP contribution in [0.1, 0.15) is 0 Å². The lowest BCUT2D eigenvalue weighted by Gasteiger charge is -2.25. The molecule has 19 heavy (non-hydrogen) atoms. The van der Waals surface area contributed by atoms with Gasteiger partial charge in [0.05, 0.1) is 10.4 Å². The fourth-order valence-corrected chi connectivity index (χ4v) is 1.26. The lowest BCUT2D eigenvalue weighted by Crippen LogP contribution is -2.40. The molecule has 0 fully saturated rings. The second-order valence-electron chi connectivity index (χ2n) is 5.80. The Labute approximate surface area is 121 Å². The van der Waals surface area contributed by atoms with Crippen LogP contribution in [0.5, 0.6) is 0 Å². The summed E-state index contributed by atoms with van der Waals surface area (Å²) in [7, 11) is 2.59. The molecule has 0 aliphatic rings. The van der Waals surface area contributed by atoms with Crippen molar-refractivity contribution in [3.63, 3.8) is 0 Å². The molecule has 0 aliphatic heterocycles. The van der Waals surface area contributed by atoms with Gasteiger partial charge in [-0.25, -0.2) is 0 Å². The van der Waals surface area contributed by atoms with Crippen LogP contribution >= 0.6 is 0 Å². The van der Waals surface area contributed by atoms with E-state index in [1.165, 1.54) is 21.5 Å². The van der Waals surface area contributed by atoms with Crippen molar-refractivity contribution in [2.24, 2.45) is 0 Å². The van der Waals surface area contributed by atoms with E-state index in [-0.39, 0.29) is 0 Å². The van der Waals surface area contributed by atoms with Gasteiger partial charge in [-0.1, -0.05) is 80.3 Å². The third-order valence-electron chi connectivity index (χ3n) is 3.22. The summed E-state index contributed by atoms with van der Waals surface area (Å²) >= 11 is 0. The van der Waals surface area contributed by atoms with E-state index < -0.39 is 8.24 Å². The molecule has 102 valence electrons. The van der Waals surface area contributed by atoms with Crippen LogP contribution in [0.15, 0.2) is 60.7 Å². The molecule has 0 spiro atoms. The molecule has 2 rings (SSSR count). The summed E-state index contributed by atoms with van der Waals surface area (Å²) in [5.41, 5.74) is 2.55. The van der Waals surface area contributed by atoms with Crippen LogP contribution in [0.25, 0.3) is 11.1 Å². The SMILES string of the molecule is CN([SiH3])[Si](C)(C)C.c1ccc(-c2ccccc2)cc1. The molecule has 0 amide bonds. The summed E-state index contributed by atoms with van der Waals surface area (Å²) in [6, 6.07) is 20.8. The van der Waals surface area contributed by atoms with E-state index in [0.29, 0.717) is 0 Å². The Morgan fingerprint density at radius 2 is 1.00 bits per heavy atom. The van der Waals surface area contributed by atoms with Gasteiger partial charge in [0.1, 0.15) is 8.24 Å². The zero-order valence-corrected chi connectivity index (χ0v) is 15.7. The quantitative estimate of drug-likeness (QED) is 0.765. The average Bonchev–Trinajstić information content (AvgIpc) is 2.40. The van der Waals surface area contributed by atoms with E-state index in [4.69, 9.17) is 0 Å². The molecule has 0 N–H and O–H groups in total.